The summed E-state index contributed by atoms with van der Waals surface area (Å²) < 4.78 is 22.4. The van der Waals surface area contributed by atoms with Crippen LogP contribution in [0.1, 0.15) is 11.3 Å². The van der Waals surface area contributed by atoms with E-state index in [1.165, 1.54) is 22.8 Å². The molecule has 8 nitrogen and oxygen atoms in total. The standard InChI is InChI=1S/C20H19FN6O2/c1-12-14(11-26(2)25-12)10-23-20-22-9-13-8-17(19(28)27(3)18(13)24-20)29-16-7-5-4-6-15(16)21/h4-9,11H,10H2,1-3H3,(H,22,23,24). The van der Waals surface area contributed by atoms with Gasteiger partial charge in [-0.2, -0.15) is 10.1 Å². The molecule has 1 N–H and O–H groups in total. The quantitative estimate of drug-likeness (QED) is 0.560. The van der Waals surface area contributed by atoms with Gasteiger partial charge in [0, 0.05) is 44.0 Å². The van der Waals surface area contributed by atoms with Crippen molar-refractivity contribution in [1.82, 2.24) is 24.3 Å². The predicted octanol–water partition coefficient (Wildman–Crippen LogP) is 2.91. The van der Waals surface area contributed by atoms with Crippen LogP contribution in [0.5, 0.6) is 11.5 Å². The zero-order valence-electron chi connectivity index (χ0n) is 16.2. The van der Waals surface area contributed by atoms with Gasteiger partial charge in [0.2, 0.25) is 5.95 Å². The van der Waals surface area contributed by atoms with Gasteiger partial charge in [-0.25, -0.2) is 9.37 Å². The summed E-state index contributed by atoms with van der Waals surface area (Å²) in [6, 6.07) is 7.43. The number of para-hydroxylation sites is 1. The first-order valence-corrected chi connectivity index (χ1v) is 8.94. The number of anilines is 1. The second-order valence-corrected chi connectivity index (χ2v) is 6.64. The van der Waals surface area contributed by atoms with Crippen LogP contribution in [0.3, 0.4) is 0 Å². The molecule has 3 aromatic heterocycles. The van der Waals surface area contributed by atoms with Gasteiger partial charge in [0.25, 0.3) is 5.56 Å². The molecule has 0 saturated carbocycles. The van der Waals surface area contributed by atoms with Crippen molar-refractivity contribution in [3.63, 3.8) is 0 Å². The van der Waals surface area contributed by atoms with Gasteiger partial charge in [-0.05, 0) is 25.1 Å². The third-order valence-electron chi connectivity index (χ3n) is 4.52. The Labute approximate surface area is 165 Å². The Kier molecular flexibility index (Phi) is 4.71. The molecule has 0 aliphatic carbocycles. The van der Waals surface area contributed by atoms with Crippen LogP contribution in [0.2, 0.25) is 0 Å². The minimum Gasteiger partial charge on any atom is -0.448 e. The van der Waals surface area contributed by atoms with Crippen molar-refractivity contribution in [2.24, 2.45) is 14.1 Å². The highest BCUT2D eigenvalue weighted by atomic mass is 19.1. The Hall–Kier alpha value is -3.75. The van der Waals surface area contributed by atoms with E-state index in [0.717, 1.165) is 11.3 Å². The average Bonchev–Trinajstić information content (AvgIpc) is 3.03. The highest BCUT2D eigenvalue weighted by Crippen LogP contribution is 2.24. The van der Waals surface area contributed by atoms with Gasteiger partial charge in [0.05, 0.1) is 5.69 Å². The molecule has 1 aromatic carbocycles. The van der Waals surface area contributed by atoms with Gasteiger partial charge in [0.15, 0.2) is 17.3 Å². The summed E-state index contributed by atoms with van der Waals surface area (Å²) in [6.07, 6.45) is 3.51. The van der Waals surface area contributed by atoms with Crippen LogP contribution < -0.4 is 15.6 Å². The molecule has 0 atom stereocenters. The van der Waals surface area contributed by atoms with Gasteiger partial charge in [-0.1, -0.05) is 12.1 Å². The van der Waals surface area contributed by atoms with E-state index in [4.69, 9.17) is 4.74 Å². The molecular formula is C20H19FN6O2. The molecule has 0 aliphatic rings. The molecule has 9 heteroatoms. The number of nitrogens with zero attached hydrogens (tertiary/aromatic N) is 5. The first-order valence-electron chi connectivity index (χ1n) is 8.94. The Morgan fingerprint density at radius 3 is 2.72 bits per heavy atom. The lowest BCUT2D eigenvalue weighted by atomic mass is 10.2. The lowest BCUT2D eigenvalue weighted by Gasteiger charge is -2.11. The van der Waals surface area contributed by atoms with E-state index in [1.807, 2.05) is 20.2 Å². The first-order chi connectivity index (χ1) is 13.9. The topological polar surface area (TPSA) is 86.9 Å². The van der Waals surface area contributed by atoms with Crippen LogP contribution in [0.15, 0.2) is 47.5 Å². The molecule has 0 bridgehead atoms. The highest BCUT2D eigenvalue weighted by Gasteiger charge is 2.13. The first kappa shape index (κ1) is 18.6. The van der Waals surface area contributed by atoms with Crippen molar-refractivity contribution < 1.29 is 9.13 Å². The summed E-state index contributed by atoms with van der Waals surface area (Å²) in [5.41, 5.74) is 1.96. The fraction of sp³-hybridized carbons (Fsp3) is 0.200. The van der Waals surface area contributed by atoms with Crippen LogP contribution in [-0.2, 0) is 20.6 Å². The van der Waals surface area contributed by atoms with Gasteiger partial charge >= 0.3 is 0 Å². The number of nitrogens with one attached hydrogen (secondary N) is 1. The maximum Gasteiger partial charge on any atom is 0.294 e. The van der Waals surface area contributed by atoms with E-state index < -0.39 is 11.4 Å². The second-order valence-electron chi connectivity index (χ2n) is 6.64. The number of fused-ring (bicyclic) bond motifs is 1. The summed E-state index contributed by atoms with van der Waals surface area (Å²) >= 11 is 0. The molecular weight excluding hydrogens is 375 g/mol. The van der Waals surface area contributed by atoms with Gasteiger partial charge in [-0.3, -0.25) is 14.0 Å². The van der Waals surface area contributed by atoms with Crippen molar-refractivity contribution in [2.75, 3.05) is 5.32 Å². The van der Waals surface area contributed by atoms with Crippen LogP contribution >= 0.6 is 0 Å². The van der Waals surface area contributed by atoms with Crippen molar-refractivity contribution in [2.45, 2.75) is 13.5 Å². The monoisotopic (exact) mass is 394 g/mol. The van der Waals surface area contributed by atoms with E-state index >= 15 is 0 Å². The molecule has 4 rings (SSSR count). The summed E-state index contributed by atoms with van der Waals surface area (Å²) in [5, 5.41) is 8.04. The zero-order valence-corrected chi connectivity index (χ0v) is 16.2. The number of aromatic nitrogens is 5. The minimum absolute atomic E-state index is 0.000365. The van der Waals surface area contributed by atoms with E-state index in [-0.39, 0.29) is 11.5 Å². The second kappa shape index (κ2) is 7.34. The Bertz CT molecular complexity index is 1260. The third-order valence-corrected chi connectivity index (χ3v) is 4.52. The van der Waals surface area contributed by atoms with Gasteiger partial charge < -0.3 is 10.1 Å². The molecule has 0 saturated heterocycles. The largest absolute Gasteiger partial charge is 0.448 e. The zero-order chi connectivity index (χ0) is 20.5. The fourth-order valence-electron chi connectivity index (χ4n) is 3.02. The molecule has 0 spiro atoms. The minimum atomic E-state index is -0.545. The van der Waals surface area contributed by atoms with Crippen molar-refractivity contribution in [3.8, 4) is 11.5 Å². The summed E-state index contributed by atoms with van der Waals surface area (Å²) in [5.74, 6) is -0.176. The molecule has 29 heavy (non-hydrogen) atoms. The van der Waals surface area contributed by atoms with Gasteiger partial charge in [0.1, 0.15) is 5.65 Å². The molecule has 0 unspecified atom stereocenters. The Morgan fingerprint density at radius 2 is 2.00 bits per heavy atom. The third kappa shape index (κ3) is 3.66. The number of halogens is 1. The Balaban J connectivity index is 1.64. The normalized spacial score (nSPS) is 11.0. The molecule has 0 fully saturated rings. The summed E-state index contributed by atoms with van der Waals surface area (Å²) in [4.78, 5) is 21.4. The van der Waals surface area contributed by atoms with E-state index in [0.29, 0.717) is 23.5 Å². The number of ether oxygens (including phenoxy) is 1. The number of benzene rings is 1. The molecule has 0 radical (unpaired) electrons. The maximum atomic E-state index is 13.9. The molecule has 148 valence electrons. The lowest BCUT2D eigenvalue weighted by Crippen LogP contribution is -2.20. The Morgan fingerprint density at radius 1 is 1.21 bits per heavy atom. The predicted molar refractivity (Wildman–Crippen MR) is 107 cm³/mol. The smallest absolute Gasteiger partial charge is 0.294 e. The van der Waals surface area contributed by atoms with Crippen LogP contribution in [0, 0.1) is 12.7 Å². The maximum absolute atomic E-state index is 13.9. The molecule has 0 aliphatic heterocycles. The number of aryl methyl sites for hydroxylation is 3. The summed E-state index contributed by atoms with van der Waals surface area (Å²) in [6.45, 7) is 2.44. The molecule has 3 heterocycles. The SMILES string of the molecule is Cc1nn(C)cc1CNc1ncc2cc(Oc3ccccc3F)c(=O)n(C)c2n1. The number of hydrogen-bond acceptors (Lipinski definition) is 6. The van der Waals surface area contributed by atoms with Crippen LogP contribution in [0.4, 0.5) is 10.3 Å². The average molecular weight is 394 g/mol. The van der Waals surface area contributed by atoms with Crippen molar-refractivity contribution in [3.05, 3.63) is 70.2 Å². The highest BCUT2D eigenvalue weighted by molar-refractivity contribution is 5.76. The lowest BCUT2D eigenvalue weighted by molar-refractivity contribution is 0.434. The van der Waals surface area contributed by atoms with Gasteiger partial charge in [-0.15, -0.1) is 0 Å². The fourth-order valence-corrected chi connectivity index (χ4v) is 3.02. The van der Waals surface area contributed by atoms with Crippen LogP contribution in [0.25, 0.3) is 11.0 Å². The van der Waals surface area contributed by atoms with E-state index in [1.54, 1.807) is 30.1 Å². The van der Waals surface area contributed by atoms with E-state index in [9.17, 15) is 9.18 Å². The molecule has 0 amide bonds. The van der Waals surface area contributed by atoms with E-state index in [2.05, 4.69) is 20.4 Å². The van der Waals surface area contributed by atoms with Crippen molar-refractivity contribution in [1.29, 1.82) is 0 Å². The molecule has 4 aromatic rings. The van der Waals surface area contributed by atoms with Crippen LogP contribution in [-0.4, -0.2) is 24.3 Å². The summed E-state index contributed by atoms with van der Waals surface area (Å²) in [7, 11) is 3.45. The van der Waals surface area contributed by atoms with Crippen molar-refractivity contribution >= 4 is 17.0 Å². The number of hydrogen-bond donors (Lipinski definition) is 1. The number of rotatable bonds is 5. The number of pyridine rings is 1.